The number of fused-ring (bicyclic) bond motifs is 5. The summed E-state index contributed by atoms with van der Waals surface area (Å²) in [5, 5.41) is 69.5. The molecule has 0 bridgehead atoms. The van der Waals surface area contributed by atoms with Crippen LogP contribution in [0.1, 0.15) is 102 Å². The number of para-hydroxylation sites is 1. The number of aliphatic hydroxyl groups is 1. The van der Waals surface area contributed by atoms with Crippen LogP contribution in [0.5, 0.6) is 0 Å². The number of rotatable bonds is 41. The van der Waals surface area contributed by atoms with E-state index < -0.39 is 150 Å². The number of nitrogens with zero attached hydrogens (tertiary/aromatic N) is 3. The van der Waals surface area contributed by atoms with Crippen LogP contribution in [-0.2, 0) is 137 Å². The summed E-state index contributed by atoms with van der Waals surface area (Å²) in [6.07, 6.45) is -3.90. The maximum atomic E-state index is 14.3. The van der Waals surface area contributed by atoms with Gasteiger partial charge in [-0.25, -0.2) is 19.4 Å². The van der Waals surface area contributed by atoms with Crippen molar-refractivity contribution >= 4 is 106 Å². The van der Waals surface area contributed by atoms with E-state index in [0.29, 0.717) is 75.4 Å². The molecule has 43 heteroatoms. The Kier molecular flexibility index (Phi) is 37.6. The minimum absolute atomic E-state index is 0.00117. The summed E-state index contributed by atoms with van der Waals surface area (Å²) < 4.78 is 60.6. The smallest absolute Gasteiger partial charge is 0.481 e. The molecular formula is C87H102F3N17O23. The highest BCUT2D eigenvalue weighted by molar-refractivity contribution is 6.03. The molecule has 2 aromatic heterocycles. The largest absolute Gasteiger partial charge is 0.490 e. The number of hydrogen-bond donors (Lipinski definition) is 17. The maximum absolute atomic E-state index is 14.3. The van der Waals surface area contributed by atoms with Crippen molar-refractivity contribution in [2.45, 2.75) is 145 Å². The van der Waals surface area contributed by atoms with Gasteiger partial charge in [0, 0.05) is 60.1 Å². The van der Waals surface area contributed by atoms with Crippen molar-refractivity contribution < 1.29 is 119 Å². The number of unbranched alkanes of at least 4 members (excludes halogenated alkanes) is 1. The number of aliphatic carboxylic acids is 2. The first kappa shape index (κ1) is 99.5. The summed E-state index contributed by atoms with van der Waals surface area (Å²) in [5.41, 5.74) is 15.6. The van der Waals surface area contributed by atoms with Crippen LogP contribution >= 0.6 is 0 Å². The number of amides is 10. The number of esters is 1. The van der Waals surface area contributed by atoms with Gasteiger partial charge in [-0.15, -0.1) is 0 Å². The Morgan fingerprint density at radius 3 is 1.91 bits per heavy atom. The zero-order valence-electron chi connectivity index (χ0n) is 70.6. The molecule has 694 valence electrons. The van der Waals surface area contributed by atoms with Crippen molar-refractivity contribution in [1.29, 1.82) is 5.41 Å². The molecular weight excluding hydrogens is 1710 g/mol. The van der Waals surface area contributed by atoms with Crippen molar-refractivity contribution in [2.75, 3.05) is 77.7 Å². The van der Waals surface area contributed by atoms with Gasteiger partial charge in [-0.2, -0.15) is 13.2 Å². The molecule has 40 nitrogen and oxygen atoms in total. The van der Waals surface area contributed by atoms with Crippen LogP contribution in [-0.4, -0.2) is 229 Å². The highest BCUT2D eigenvalue weighted by Crippen LogP contribution is 2.40. The van der Waals surface area contributed by atoms with Crippen molar-refractivity contribution in [1.82, 2.24) is 62.7 Å². The Hall–Kier alpha value is -14.3. The lowest BCUT2D eigenvalue weighted by atomic mass is 9.86. The number of guanidine groups is 1. The fourth-order valence-electron chi connectivity index (χ4n) is 13.7. The normalized spacial score (nSPS) is 17.2. The Balaban J connectivity index is 0.00000261. The highest BCUT2D eigenvalue weighted by atomic mass is 19.4. The van der Waals surface area contributed by atoms with Crippen molar-refractivity contribution in [2.24, 2.45) is 16.6 Å². The van der Waals surface area contributed by atoms with Gasteiger partial charge in [-0.3, -0.25) is 58.1 Å². The number of halogens is 3. The van der Waals surface area contributed by atoms with Crippen LogP contribution in [0.2, 0.25) is 0 Å². The summed E-state index contributed by atoms with van der Waals surface area (Å²) in [6.45, 7) is 0.532. The molecule has 10 rings (SSSR count). The van der Waals surface area contributed by atoms with E-state index in [9.17, 15) is 85.7 Å². The molecule has 19 N–H and O–H groups in total. The van der Waals surface area contributed by atoms with Gasteiger partial charge in [0.15, 0.2) is 11.6 Å². The Morgan fingerprint density at radius 2 is 1.27 bits per heavy atom. The number of carbonyl (C=O) groups is 13. The van der Waals surface area contributed by atoms with E-state index in [1.54, 1.807) is 122 Å². The number of cyclic esters (lactones) is 1. The van der Waals surface area contributed by atoms with E-state index in [0.717, 1.165) is 10.9 Å². The zero-order valence-corrected chi connectivity index (χ0v) is 70.6. The number of anilines is 1. The van der Waals surface area contributed by atoms with Crippen LogP contribution in [0.15, 0.2) is 149 Å². The zero-order chi connectivity index (χ0) is 93.9. The van der Waals surface area contributed by atoms with Gasteiger partial charge < -0.3 is 118 Å². The second kappa shape index (κ2) is 49.1. The third kappa shape index (κ3) is 30.2. The Labute approximate surface area is 741 Å². The number of nitrogens with two attached hydrogens (primary N) is 2. The van der Waals surface area contributed by atoms with Gasteiger partial charge in [-0.1, -0.05) is 127 Å². The average molecular weight is 1810 g/mol. The van der Waals surface area contributed by atoms with Crippen molar-refractivity contribution in [3.8, 4) is 11.4 Å². The van der Waals surface area contributed by atoms with Crippen LogP contribution in [0.25, 0.3) is 22.3 Å². The Bertz CT molecular complexity index is 5270. The number of carboxylic acids is 2. The number of ether oxygens (including phenoxy) is 5. The summed E-state index contributed by atoms with van der Waals surface area (Å²) in [5.74, 6) is -12.0. The van der Waals surface area contributed by atoms with E-state index in [1.807, 2.05) is 24.3 Å². The predicted molar refractivity (Wildman–Crippen MR) is 459 cm³/mol. The summed E-state index contributed by atoms with van der Waals surface area (Å²) >= 11 is 0. The molecule has 130 heavy (non-hydrogen) atoms. The molecule has 10 amide bonds. The number of pyridine rings is 2. The first-order valence-corrected chi connectivity index (χ1v) is 41.4. The molecule has 0 spiro atoms. The average Bonchev–Trinajstić information content (AvgIpc) is 1.59. The third-order valence-corrected chi connectivity index (χ3v) is 20.5. The lowest BCUT2D eigenvalue weighted by Gasteiger charge is -2.31. The van der Waals surface area contributed by atoms with E-state index >= 15 is 0 Å². The lowest BCUT2D eigenvalue weighted by Crippen LogP contribution is -2.58. The first-order chi connectivity index (χ1) is 62.3. The molecule has 1 saturated heterocycles. The number of benzene rings is 5. The number of aromatic nitrogens is 2. The maximum Gasteiger partial charge on any atom is 0.490 e. The molecule has 1 fully saturated rings. The van der Waals surface area contributed by atoms with Crippen LogP contribution in [0.3, 0.4) is 0 Å². The highest BCUT2D eigenvalue weighted by Gasteiger charge is 2.46. The van der Waals surface area contributed by atoms with Gasteiger partial charge >= 0.3 is 30.2 Å². The van der Waals surface area contributed by atoms with Gasteiger partial charge in [0.2, 0.25) is 53.2 Å². The number of hydrogen-bond acceptors (Lipinski definition) is 25. The molecule has 3 aliphatic heterocycles. The predicted octanol–water partition coefficient (Wildman–Crippen LogP) is 1.23. The number of carboxylic acid groups (broad SMARTS) is 2. The van der Waals surface area contributed by atoms with Gasteiger partial charge in [0.25, 0.3) is 5.56 Å². The molecule has 5 aromatic carbocycles. The molecule has 0 radical (unpaired) electrons. The number of alkyl halides is 3. The van der Waals surface area contributed by atoms with Crippen LogP contribution in [0, 0.1) is 5.41 Å². The monoisotopic (exact) mass is 1810 g/mol. The van der Waals surface area contributed by atoms with E-state index in [2.05, 4.69) is 63.6 Å². The lowest BCUT2D eigenvalue weighted by molar-refractivity contribution is -0.192. The summed E-state index contributed by atoms with van der Waals surface area (Å²) in [6, 6.07) is 31.8. The molecule has 0 aliphatic carbocycles. The minimum Gasteiger partial charge on any atom is -0.481 e. The molecule has 3 aliphatic rings. The summed E-state index contributed by atoms with van der Waals surface area (Å²) in [7, 11) is 0. The summed E-state index contributed by atoms with van der Waals surface area (Å²) in [4.78, 5) is 194. The fourth-order valence-corrected chi connectivity index (χ4v) is 13.7. The second-order valence-electron chi connectivity index (χ2n) is 30.0. The Morgan fingerprint density at radius 1 is 0.669 bits per heavy atom. The SMILES string of the molecule is CC[C@@]1(O)C(=O)OCc2c1cc1n(c2=O)Cc2c-1nc1ccccc1c2/C=N/OCCNC(=O)OCc1ccc(NC(=O)[C@H](CCCCN)NC(=O)[C@H](Cc2ccccc2)NC(=O)COCCOCCOCC(=O)NCc2ccc(C[C@@H]3NC(=O)[C@@H](Cc4ccccc4)NC(=O)[C@H](CC(=O)O)NC(=O)CNC(=O)[C@H](CCCNC(=N)N)NC3=O)cc2)cc1.O=C(O)C(F)(F)F. The fraction of sp³-hybridized carbons (Fsp3) is 0.391. The van der Waals surface area contributed by atoms with Crippen LogP contribution < -0.4 is 75.5 Å². The number of nitrogens with one attached hydrogen (secondary N) is 12. The second-order valence-corrected chi connectivity index (χ2v) is 30.0. The van der Waals surface area contributed by atoms with Gasteiger partial charge in [-0.05, 0) is 97.2 Å². The van der Waals surface area contributed by atoms with Gasteiger partial charge in [0.1, 0.15) is 69.3 Å². The molecule has 7 atom stereocenters. The van der Waals surface area contributed by atoms with E-state index in [1.165, 1.54) is 10.8 Å². The topological polar surface area (TPSA) is 593 Å². The minimum atomic E-state index is -5.08. The molecule has 0 saturated carbocycles. The standard InChI is InChI=1S/C85H101N17O21.C2HF3O2/c1-2-85(117)61-41-69-74-59(46-102(69)81(114)60(61)48-121-82(85)115)58(57-18-9-10-19-62(57)97-74)44-93-123-33-32-90-84(116)122-47-55-26-28-56(29-27-55)94-76(109)64(20-11-12-30-86)99-77(110)65(38-51-14-5-3-6-15-51)96-72(105)50-120-37-35-118-34-36-119-49-71(104)91-43-54-24-22-53(23-25-54)40-67-78(111)98-63(21-13-31-89-83(87)88)75(108)92-45-70(103)95-68(42-73(106)107)80(113)101-66(79(112)100-67)39-52-16-7-4-8-17-52;3-2(4,5)1(6)7/h3-10,14-19,22-29,41,44,63-68,117H,2,11-13,20-21,30-40,42-43,45-50,86H2,1H3,(H,90,116)(H,91,104)(H,92,108)(H,94,109)(H,95,103)(H,96,105)(H,98,111)(H,99,110)(H,100,112)(H,101,113)(H,106,107)(H4,87,88,89);(H,6,7)/b93-44+;/t63-,64-,65-,66+,67-,68-,85-;/m0./s1. The third-order valence-electron chi connectivity index (χ3n) is 20.5. The van der Waals surface area contributed by atoms with Crippen molar-refractivity contribution in [3.63, 3.8) is 0 Å². The first-order valence-electron chi connectivity index (χ1n) is 41.4. The molecule has 7 aromatic rings. The quantitative estimate of drug-likeness (QED) is 0.00842. The molecule has 5 heterocycles. The van der Waals surface area contributed by atoms with Gasteiger partial charge in [0.05, 0.1) is 81.2 Å². The van der Waals surface area contributed by atoms with Crippen LogP contribution in [0.4, 0.5) is 23.7 Å². The van der Waals surface area contributed by atoms with Crippen molar-refractivity contribution in [3.05, 3.63) is 200 Å². The number of carbonyl (C=O) groups excluding carboxylic acids is 11. The number of alkyl carbamates (subject to hydrolysis) is 1. The van der Waals surface area contributed by atoms with E-state index in [4.69, 9.17) is 60.3 Å². The molecule has 0 unspecified atom stereocenters. The number of oxime groups is 1. The van der Waals surface area contributed by atoms with E-state index in [-0.39, 0.29) is 141 Å².